The van der Waals surface area contributed by atoms with Gasteiger partial charge in [-0.25, -0.2) is 0 Å². The zero-order valence-corrected chi connectivity index (χ0v) is 22.6. The van der Waals surface area contributed by atoms with Crippen LogP contribution in [0.1, 0.15) is 71.1 Å². The average molecular weight is 478 g/mol. The standard InChI is InChI=1S/C26H50N2O.2ClH/c1-6-27(2,3)23-24-28(4,5)22-18-13-11-9-7-8-10-12-14-19-25-29-26-20-16-15-17-21-26;;/h15-17,20-21H,6-14,18-19,22-25H2,1-5H3;2*1H/q+2;;/p-2. The number of hydrogen-bond acceptors (Lipinski definition) is 1. The first-order valence-corrected chi connectivity index (χ1v) is 12.2. The molecular weight excluding hydrogens is 427 g/mol. The Morgan fingerprint density at radius 2 is 1.03 bits per heavy atom. The molecule has 0 aromatic heterocycles. The van der Waals surface area contributed by atoms with Crippen LogP contribution in [0.3, 0.4) is 0 Å². The Morgan fingerprint density at radius 3 is 1.55 bits per heavy atom. The molecule has 0 bridgehead atoms. The van der Waals surface area contributed by atoms with Crippen LogP contribution in [-0.4, -0.2) is 69.9 Å². The minimum Gasteiger partial charge on any atom is -1.00 e. The molecule has 1 rings (SSSR count). The molecule has 0 unspecified atom stereocenters. The van der Waals surface area contributed by atoms with Gasteiger partial charge < -0.3 is 38.5 Å². The monoisotopic (exact) mass is 476 g/mol. The Hall–Kier alpha value is -0.480. The van der Waals surface area contributed by atoms with E-state index in [4.69, 9.17) is 4.74 Å². The number of rotatable bonds is 18. The summed E-state index contributed by atoms with van der Waals surface area (Å²) in [5.74, 6) is 0.999. The van der Waals surface area contributed by atoms with Crippen molar-refractivity contribution in [1.29, 1.82) is 0 Å². The minimum absolute atomic E-state index is 0. The SMILES string of the molecule is CC[N+](C)(C)CC[N+](C)(C)CCCCCCCCCCCCOc1ccccc1.[Cl-].[Cl-]. The molecule has 0 N–H and O–H groups in total. The number of likely N-dealkylation sites (N-methyl/N-ethyl adjacent to an activating group) is 2. The summed E-state index contributed by atoms with van der Waals surface area (Å²) in [4.78, 5) is 0. The van der Waals surface area contributed by atoms with Gasteiger partial charge in [-0.2, -0.15) is 0 Å². The fourth-order valence-electron chi connectivity index (χ4n) is 3.57. The normalized spacial score (nSPS) is 11.5. The Kier molecular flexibility index (Phi) is 20.1. The van der Waals surface area contributed by atoms with E-state index in [9.17, 15) is 0 Å². The van der Waals surface area contributed by atoms with Crippen molar-refractivity contribution in [3.05, 3.63) is 30.3 Å². The van der Waals surface area contributed by atoms with Crippen molar-refractivity contribution >= 4 is 0 Å². The van der Waals surface area contributed by atoms with Gasteiger partial charge in [0.1, 0.15) is 18.8 Å². The van der Waals surface area contributed by atoms with E-state index in [1.807, 2.05) is 30.3 Å². The Bertz CT molecular complexity index is 509. The summed E-state index contributed by atoms with van der Waals surface area (Å²) in [6.45, 7) is 8.27. The molecule has 0 aliphatic heterocycles. The molecule has 3 nitrogen and oxygen atoms in total. The molecule has 0 saturated heterocycles. The van der Waals surface area contributed by atoms with Crippen LogP contribution in [-0.2, 0) is 0 Å². The summed E-state index contributed by atoms with van der Waals surface area (Å²) in [5, 5.41) is 0. The van der Waals surface area contributed by atoms with Crippen LogP contribution < -0.4 is 29.6 Å². The molecule has 1 aromatic carbocycles. The quantitative estimate of drug-likeness (QED) is 0.216. The second-order valence-electron chi connectivity index (χ2n) is 10.1. The zero-order valence-electron chi connectivity index (χ0n) is 21.1. The topological polar surface area (TPSA) is 9.23 Å². The summed E-state index contributed by atoms with van der Waals surface area (Å²) < 4.78 is 8.06. The molecule has 0 fully saturated rings. The van der Waals surface area contributed by atoms with Crippen LogP contribution in [0.2, 0.25) is 0 Å². The predicted octanol–water partition coefficient (Wildman–Crippen LogP) is 0.147. The maximum absolute atomic E-state index is 5.75. The van der Waals surface area contributed by atoms with Crippen molar-refractivity contribution in [2.24, 2.45) is 0 Å². The fraction of sp³-hybridized carbons (Fsp3) is 0.769. The van der Waals surface area contributed by atoms with Gasteiger partial charge in [0.05, 0.1) is 47.9 Å². The second-order valence-corrected chi connectivity index (χ2v) is 10.1. The van der Waals surface area contributed by atoms with Crippen LogP contribution >= 0.6 is 0 Å². The third-order valence-corrected chi connectivity index (χ3v) is 6.34. The van der Waals surface area contributed by atoms with Crippen molar-refractivity contribution in [1.82, 2.24) is 0 Å². The molecule has 0 saturated carbocycles. The Morgan fingerprint density at radius 1 is 0.581 bits per heavy atom. The van der Waals surface area contributed by atoms with E-state index in [2.05, 4.69) is 35.1 Å². The summed E-state index contributed by atoms with van der Waals surface area (Å²) in [6, 6.07) is 10.2. The largest absolute Gasteiger partial charge is 1.00 e. The van der Waals surface area contributed by atoms with Gasteiger partial charge in [0.25, 0.3) is 0 Å². The highest BCUT2D eigenvalue weighted by molar-refractivity contribution is 5.20. The Balaban J connectivity index is 0. The first kappa shape index (κ1) is 32.7. The zero-order chi connectivity index (χ0) is 21.4. The molecule has 0 amide bonds. The lowest BCUT2D eigenvalue weighted by Gasteiger charge is -2.35. The number of nitrogens with zero attached hydrogens (tertiary/aromatic N) is 2. The predicted molar refractivity (Wildman–Crippen MR) is 127 cm³/mol. The summed E-state index contributed by atoms with van der Waals surface area (Å²) in [6.07, 6.45) is 13.7. The number of para-hydroxylation sites is 1. The van der Waals surface area contributed by atoms with Crippen LogP contribution in [0.5, 0.6) is 5.75 Å². The summed E-state index contributed by atoms with van der Waals surface area (Å²) in [5.41, 5.74) is 0. The lowest BCUT2D eigenvalue weighted by Crippen LogP contribution is -3.00. The third kappa shape index (κ3) is 18.8. The van der Waals surface area contributed by atoms with Gasteiger partial charge in [-0.3, -0.25) is 0 Å². The average Bonchev–Trinajstić information content (AvgIpc) is 2.71. The maximum Gasteiger partial charge on any atom is 0.128 e. The van der Waals surface area contributed by atoms with Crippen LogP contribution in [0.15, 0.2) is 30.3 Å². The molecule has 0 atom stereocenters. The lowest BCUT2D eigenvalue weighted by molar-refractivity contribution is -0.945. The number of quaternary nitrogens is 2. The van der Waals surface area contributed by atoms with Crippen molar-refractivity contribution in [2.75, 3.05) is 61.0 Å². The van der Waals surface area contributed by atoms with Crippen LogP contribution in [0, 0.1) is 0 Å². The van der Waals surface area contributed by atoms with E-state index >= 15 is 0 Å². The van der Waals surface area contributed by atoms with E-state index in [1.165, 1.54) is 94.9 Å². The number of unbranched alkanes of at least 4 members (excludes halogenated alkanes) is 9. The molecule has 5 heteroatoms. The highest BCUT2D eigenvalue weighted by atomic mass is 35.5. The highest BCUT2D eigenvalue weighted by Gasteiger charge is 2.20. The Labute approximate surface area is 206 Å². The van der Waals surface area contributed by atoms with E-state index in [0.717, 1.165) is 16.8 Å². The molecule has 0 aliphatic carbocycles. The first-order chi connectivity index (χ1) is 13.8. The maximum atomic E-state index is 5.75. The molecule has 184 valence electrons. The smallest absolute Gasteiger partial charge is 0.128 e. The fourth-order valence-corrected chi connectivity index (χ4v) is 3.57. The summed E-state index contributed by atoms with van der Waals surface area (Å²) in [7, 11) is 9.50. The van der Waals surface area contributed by atoms with Crippen LogP contribution in [0.4, 0.5) is 0 Å². The van der Waals surface area contributed by atoms with E-state index in [0.29, 0.717) is 0 Å². The van der Waals surface area contributed by atoms with Gasteiger partial charge in [0.15, 0.2) is 0 Å². The van der Waals surface area contributed by atoms with Crippen LogP contribution in [0.25, 0.3) is 0 Å². The van der Waals surface area contributed by atoms with E-state index in [1.54, 1.807) is 0 Å². The van der Waals surface area contributed by atoms with Crippen molar-refractivity contribution in [2.45, 2.75) is 71.1 Å². The van der Waals surface area contributed by atoms with Gasteiger partial charge >= 0.3 is 0 Å². The van der Waals surface area contributed by atoms with Crippen molar-refractivity contribution in [3.63, 3.8) is 0 Å². The molecule has 0 radical (unpaired) electrons. The minimum atomic E-state index is 0. The van der Waals surface area contributed by atoms with Gasteiger partial charge in [0.2, 0.25) is 0 Å². The van der Waals surface area contributed by atoms with Crippen molar-refractivity contribution < 1.29 is 38.5 Å². The molecule has 0 spiro atoms. The molecule has 0 aliphatic rings. The van der Waals surface area contributed by atoms with Gasteiger partial charge in [-0.1, -0.05) is 63.1 Å². The van der Waals surface area contributed by atoms with Gasteiger partial charge in [-0.05, 0) is 38.3 Å². The number of benzene rings is 1. The van der Waals surface area contributed by atoms with E-state index in [-0.39, 0.29) is 24.8 Å². The number of ether oxygens (including phenoxy) is 1. The number of halogens is 2. The first-order valence-electron chi connectivity index (χ1n) is 12.2. The molecule has 31 heavy (non-hydrogen) atoms. The second kappa shape index (κ2) is 19.0. The number of hydrogen-bond donors (Lipinski definition) is 0. The molecule has 0 heterocycles. The van der Waals surface area contributed by atoms with Gasteiger partial charge in [-0.15, -0.1) is 0 Å². The lowest BCUT2D eigenvalue weighted by atomic mass is 10.1. The third-order valence-electron chi connectivity index (χ3n) is 6.34. The van der Waals surface area contributed by atoms with Crippen molar-refractivity contribution in [3.8, 4) is 5.75 Å². The summed E-state index contributed by atoms with van der Waals surface area (Å²) >= 11 is 0. The van der Waals surface area contributed by atoms with E-state index < -0.39 is 0 Å². The molecular formula is C26H50Cl2N2O. The molecule has 1 aromatic rings. The highest BCUT2D eigenvalue weighted by Crippen LogP contribution is 2.13. The van der Waals surface area contributed by atoms with Gasteiger partial charge in [0, 0.05) is 0 Å².